The van der Waals surface area contributed by atoms with Gasteiger partial charge in [-0.1, -0.05) is 11.8 Å². The summed E-state index contributed by atoms with van der Waals surface area (Å²) < 4.78 is 4.96. The molecular formula is C11H9ClO3. The van der Waals surface area contributed by atoms with Crippen LogP contribution in [0, 0.1) is 11.8 Å². The third-order valence-electron chi connectivity index (χ3n) is 1.69. The number of carbonyl (C=O) groups is 1. The quantitative estimate of drug-likeness (QED) is 0.617. The molecule has 0 radical (unpaired) electrons. The van der Waals surface area contributed by atoms with Gasteiger partial charge in [-0.05, 0) is 18.2 Å². The van der Waals surface area contributed by atoms with Gasteiger partial charge in [-0.2, -0.15) is 0 Å². The lowest BCUT2D eigenvalue weighted by Gasteiger charge is -2.02. The summed E-state index contributed by atoms with van der Waals surface area (Å²) in [5.74, 6) is 5.05. The van der Waals surface area contributed by atoms with Crippen molar-refractivity contribution >= 4 is 17.6 Å². The average molecular weight is 225 g/mol. The first-order valence-electron chi connectivity index (χ1n) is 4.14. The molecule has 0 aliphatic rings. The molecule has 4 heteroatoms. The number of benzene rings is 1. The van der Waals surface area contributed by atoms with E-state index in [1.54, 1.807) is 6.07 Å². The van der Waals surface area contributed by atoms with Crippen LogP contribution >= 0.6 is 11.6 Å². The second kappa shape index (κ2) is 5.28. The lowest BCUT2D eigenvalue weighted by atomic mass is 10.1. The highest BCUT2D eigenvalue weighted by Crippen LogP contribution is 2.16. The van der Waals surface area contributed by atoms with Crippen LogP contribution in [0.25, 0.3) is 0 Å². The first kappa shape index (κ1) is 11.4. The van der Waals surface area contributed by atoms with Crippen LogP contribution in [0.1, 0.15) is 15.9 Å². The number of hydrogen-bond donors (Lipinski definition) is 1. The van der Waals surface area contributed by atoms with Crippen molar-refractivity contribution in [2.45, 2.75) is 0 Å². The normalized spacial score (nSPS) is 8.93. The van der Waals surface area contributed by atoms with Crippen LogP contribution in [-0.4, -0.2) is 24.1 Å². The first-order valence-corrected chi connectivity index (χ1v) is 4.68. The van der Waals surface area contributed by atoms with Crippen molar-refractivity contribution in [2.24, 2.45) is 0 Å². The Morgan fingerprint density at radius 3 is 2.80 bits per heavy atom. The Labute approximate surface area is 92.6 Å². The summed E-state index contributed by atoms with van der Waals surface area (Å²) in [5.41, 5.74) is 0.723. The zero-order valence-electron chi connectivity index (χ0n) is 8.08. The maximum atomic E-state index is 10.8. The van der Waals surface area contributed by atoms with Crippen molar-refractivity contribution in [3.63, 3.8) is 0 Å². The summed E-state index contributed by atoms with van der Waals surface area (Å²) >= 11 is 5.41. The van der Waals surface area contributed by atoms with E-state index in [0.29, 0.717) is 11.3 Å². The van der Waals surface area contributed by atoms with Crippen molar-refractivity contribution in [2.75, 3.05) is 13.0 Å². The molecule has 0 saturated carbocycles. The molecule has 3 nitrogen and oxygen atoms in total. The number of halogens is 1. The second-order valence-corrected chi connectivity index (χ2v) is 2.96. The maximum absolute atomic E-state index is 10.8. The number of rotatable bonds is 2. The molecule has 0 aliphatic heterocycles. The Morgan fingerprint density at radius 2 is 2.27 bits per heavy atom. The van der Waals surface area contributed by atoms with Gasteiger partial charge in [-0.15, -0.1) is 11.6 Å². The summed E-state index contributed by atoms with van der Waals surface area (Å²) in [7, 11) is 1.47. The minimum Gasteiger partial charge on any atom is -0.497 e. The molecule has 1 N–H and O–H groups in total. The molecule has 0 aromatic heterocycles. The largest absolute Gasteiger partial charge is 0.497 e. The van der Waals surface area contributed by atoms with E-state index in [9.17, 15) is 4.79 Å². The highest BCUT2D eigenvalue weighted by atomic mass is 35.5. The molecule has 0 unspecified atom stereocenters. The summed E-state index contributed by atoms with van der Waals surface area (Å²) in [5, 5.41) is 8.82. The molecule has 0 amide bonds. The lowest BCUT2D eigenvalue weighted by Crippen LogP contribution is -1.98. The van der Waals surface area contributed by atoms with Crippen molar-refractivity contribution in [1.82, 2.24) is 0 Å². The molecule has 0 saturated heterocycles. The number of carboxylic acids is 1. The smallest absolute Gasteiger partial charge is 0.335 e. The van der Waals surface area contributed by atoms with E-state index < -0.39 is 5.97 Å². The Bertz CT molecular complexity index is 429. The number of methoxy groups -OCH3 is 1. The molecule has 0 fully saturated rings. The van der Waals surface area contributed by atoms with E-state index in [0.717, 1.165) is 0 Å². The van der Waals surface area contributed by atoms with Gasteiger partial charge in [-0.3, -0.25) is 0 Å². The van der Waals surface area contributed by atoms with E-state index in [-0.39, 0.29) is 11.4 Å². The highest BCUT2D eigenvalue weighted by molar-refractivity contribution is 6.19. The molecule has 0 aliphatic carbocycles. The van der Waals surface area contributed by atoms with E-state index >= 15 is 0 Å². The van der Waals surface area contributed by atoms with Gasteiger partial charge in [0, 0.05) is 5.56 Å². The van der Waals surface area contributed by atoms with Gasteiger partial charge in [0.25, 0.3) is 0 Å². The fraction of sp³-hybridized carbons (Fsp3) is 0.182. The van der Waals surface area contributed by atoms with Crippen LogP contribution in [0.15, 0.2) is 18.2 Å². The van der Waals surface area contributed by atoms with Gasteiger partial charge in [0.2, 0.25) is 0 Å². The van der Waals surface area contributed by atoms with Crippen LogP contribution < -0.4 is 4.74 Å². The lowest BCUT2D eigenvalue weighted by molar-refractivity contribution is 0.0696. The van der Waals surface area contributed by atoms with Crippen molar-refractivity contribution < 1.29 is 14.6 Å². The van der Waals surface area contributed by atoms with Crippen molar-refractivity contribution in [1.29, 1.82) is 0 Å². The number of alkyl halides is 1. The molecular weight excluding hydrogens is 216 g/mol. The fourth-order valence-corrected chi connectivity index (χ4v) is 1.11. The van der Waals surface area contributed by atoms with Gasteiger partial charge >= 0.3 is 5.97 Å². The first-order chi connectivity index (χ1) is 7.17. The fourth-order valence-electron chi connectivity index (χ4n) is 1.05. The molecule has 0 spiro atoms. The zero-order chi connectivity index (χ0) is 11.3. The van der Waals surface area contributed by atoms with Crippen LogP contribution in [0.5, 0.6) is 5.75 Å². The topological polar surface area (TPSA) is 46.5 Å². The minimum absolute atomic E-state index is 0.147. The molecule has 0 atom stereocenters. The summed E-state index contributed by atoms with van der Waals surface area (Å²) in [6.07, 6.45) is 0. The standard InChI is InChI=1S/C11H9ClO3/c1-15-10-6-8(3-2-4-12)5-9(7-10)11(13)14/h5-7H,4H2,1H3,(H,13,14). The Kier molecular flexibility index (Phi) is 4.02. The number of carboxylic acid groups (broad SMARTS) is 1. The van der Waals surface area contributed by atoms with Crippen LogP contribution in [0.3, 0.4) is 0 Å². The second-order valence-electron chi connectivity index (χ2n) is 2.69. The summed E-state index contributed by atoms with van der Waals surface area (Å²) in [6, 6.07) is 4.57. The molecule has 1 rings (SSSR count). The SMILES string of the molecule is COc1cc(C#CCCl)cc(C(=O)O)c1. The highest BCUT2D eigenvalue weighted by Gasteiger charge is 2.05. The predicted molar refractivity (Wildman–Crippen MR) is 57.6 cm³/mol. The third-order valence-corrected chi connectivity index (χ3v) is 1.82. The Hall–Kier alpha value is -1.66. The average Bonchev–Trinajstić information content (AvgIpc) is 2.25. The van der Waals surface area contributed by atoms with Crippen LogP contribution in [0.4, 0.5) is 0 Å². The van der Waals surface area contributed by atoms with Gasteiger partial charge in [-0.25, -0.2) is 4.79 Å². The Balaban J connectivity index is 3.17. The molecule has 1 aromatic rings. The molecule has 0 bridgehead atoms. The maximum Gasteiger partial charge on any atom is 0.335 e. The minimum atomic E-state index is -1.01. The van der Waals surface area contributed by atoms with E-state index in [1.807, 2.05) is 0 Å². The van der Waals surface area contributed by atoms with Crippen molar-refractivity contribution in [3.05, 3.63) is 29.3 Å². The predicted octanol–water partition coefficient (Wildman–Crippen LogP) is 1.98. The number of hydrogen-bond acceptors (Lipinski definition) is 2. The number of aromatic carboxylic acids is 1. The Morgan fingerprint density at radius 1 is 1.53 bits per heavy atom. The number of ether oxygens (including phenoxy) is 1. The van der Waals surface area contributed by atoms with Crippen LogP contribution in [-0.2, 0) is 0 Å². The third kappa shape index (κ3) is 3.19. The van der Waals surface area contributed by atoms with Crippen LogP contribution in [0.2, 0.25) is 0 Å². The van der Waals surface area contributed by atoms with Gasteiger partial charge in [0.1, 0.15) is 5.75 Å². The summed E-state index contributed by atoms with van der Waals surface area (Å²) in [6.45, 7) is 0. The molecule has 0 heterocycles. The zero-order valence-corrected chi connectivity index (χ0v) is 8.84. The van der Waals surface area contributed by atoms with E-state index in [1.165, 1.54) is 19.2 Å². The van der Waals surface area contributed by atoms with Gasteiger partial charge < -0.3 is 9.84 Å². The van der Waals surface area contributed by atoms with Gasteiger partial charge in [0.15, 0.2) is 0 Å². The van der Waals surface area contributed by atoms with E-state index in [4.69, 9.17) is 21.4 Å². The molecule has 15 heavy (non-hydrogen) atoms. The monoisotopic (exact) mass is 224 g/mol. The van der Waals surface area contributed by atoms with Gasteiger partial charge in [0.05, 0.1) is 18.6 Å². The molecule has 78 valence electrons. The summed E-state index contributed by atoms with van der Waals surface area (Å²) in [4.78, 5) is 10.8. The van der Waals surface area contributed by atoms with Crippen molar-refractivity contribution in [3.8, 4) is 17.6 Å². The molecule has 1 aromatic carbocycles. The van der Waals surface area contributed by atoms with E-state index in [2.05, 4.69) is 11.8 Å².